The van der Waals surface area contributed by atoms with Crippen LogP contribution in [-0.2, 0) is 26.7 Å². The summed E-state index contributed by atoms with van der Waals surface area (Å²) in [7, 11) is -8.18. The van der Waals surface area contributed by atoms with E-state index < -0.39 is 31.9 Å². The van der Waals surface area contributed by atoms with E-state index >= 15 is 0 Å². The summed E-state index contributed by atoms with van der Waals surface area (Å²) in [6.45, 7) is 1.73. The van der Waals surface area contributed by atoms with Crippen molar-refractivity contribution in [1.29, 1.82) is 0 Å². The predicted octanol–water partition coefficient (Wildman–Crippen LogP) is 7.72. The molecule has 0 saturated carbocycles. The molecule has 2 aromatic carbocycles. The minimum atomic E-state index is -4.22. The number of nitrogens with one attached hydrogen (secondary N) is 2. The minimum absolute atomic E-state index is 0.0176. The second-order valence-electron chi connectivity index (χ2n) is 10.6. The second-order valence-corrected chi connectivity index (χ2v) is 15.8. The molecule has 0 aliphatic carbocycles. The number of aromatic nitrogens is 6. The zero-order valence-electron chi connectivity index (χ0n) is 27.7. The highest BCUT2D eigenvalue weighted by atomic mass is 35.5. The van der Waals surface area contributed by atoms with Crippen LogP contribution >= 0.6 is 58.0 Å². The molecule has 6 aromatic rings. The molecule has 0 fully saturated rings. The van der Waals surface area contributed by atoms with Gasteiger partial charge in [-0.05, 0) is 55.0 Å². The summed E-state index contributed by atoms with van der Waals surface area (Å²) in [5.74, 6) is -1.83. The quantitative estimate of drug-likeness (QED) is 0.120. The van der Waals surface area contributed by atoms with Crippen LogP contribution in [0.4, 0.5) is 11.6 Å². The van der Waals surface area contributed by atoms with Crippen molar-refractivity contribution in [3.05, 3.63) is 140 Å². The third-order valence-electron chi connectivity index (χ3n) is 6.76. The Morgan fingerprint density at radius 1 is 0.673 bits per heavy atom. The Morgan fingerprint density at radius 2 is 1.29 bits per heavy atom. The lowest BCUT2D eigenvalue weighted by atomic mass is 10.2. The Hall–Kier alpha value is -4.88. The molecule has 0 aliphatic heterocycles. The molecule has 0 amide bonds. The van der Waals surface area contributed by atoms with Crippen molar-refractivity contribution in [2.24, 2.45) is 0 Å². The van der Waals surface area contributed by atoms with Gasteiger partial charge in [0.2, 0.25) is 11.6 Å². The van der Waals surface area contributed by atoms with Gasteiger partial charge in [-0.25, -0.2) is 36.6 Å². The number of nitrogens with zero attached hydrogens (tertiary/aromatic N) is 6. The van der Waals surface area contributed by atoms with Crippen LogP contribution in [0.15, 0.2) is 108 Å². The van der Waals surface area contributed by atoms with Crippen LogP contribution in [0.3, 0.4) is 0 Å². The number of halogens is 5. The molecule has 0 spiro atoms. The Bertz CT molecular complexity index is 2560. The lowest BCUT2D eigenvalue weighted by molar-refractivity contribution is 0.0722. The van der Waals surface area contributed by atoms with Gasteiger partial charge >= 0.3 is 5.97 Å². The van der Waals surface area contributed by atoms with Crippen molar-refractivity contribution in [2.45, 2.75) is 23.3 Å². The third-order valence-corrected chi connectivity index (χ3v) is 11.3. The minimum Gasteiger partial charge on any atom is -0.470 e. The van der Waals surface area contributed by atoms with Crippen molar-refractivity contribution in [2.75, 3.05) is 9.44 Å². The van der Waals surface area contributed by atoms with E-state index in [0.29, 0.717) is 10.6 Å². The van der Waals surface area contributed by atoms with E-state index in [1.54, 1.807) is 49.6 Å². The fourth-order valence-electron chi connectivity index (χ4n) is 4.21. The van der Waals surface area contributed by atoms with Crippen LogP contribution < -0.4 is 18.9 Å². The van der Waals surface area contributed by atoms with Crippen molar-refractivity contribution in [3.8, 4) is 11.8 Å². The Balaban J connectivity index is 0.000000211. The molecule has 55 heavy (non-hydrogen) atoms. The monoisotopic (exact) mass is 882 g/mol. The van der Waals surface area contributed by atoms with E-state index in [0.717, 1.165) is 11.8 Å². The molecular weight excluding hydrogens is 862 g/mol. The van der Waals surface area contributed by atoms with Gasteiger partial charge in [0.1, 0.15) is 17.2 Å². The number of benzene rings is 2. The molecule has 2 N–H and O–H groups in total. The van der Waals surface area contributed by atoms with E-state index in [4.69, 9.17) is 67.5 Å². The molecule has 22 heteroatoms. The molecule has 15 nitrogen and oxygen atoms in total. The van der Waals surface area contributed by atoms with Gasteiger partial charge in [0.25, 0.3) is 31.8 Å². The SMILES string of the molecule is Cc1c(Cl)cccc1S(=O)(=O)Nc1ncc(Cl)nc1OCc1cccnc1.O=C(Oc1nc(Cl)cnc1NS(=O)(=O)c1cccc(Cl)c1Cl)c1ccccn1. The molecular formula is C33H23Cl5N8O7S2. The first kappa shape index (κ1) is 41.3. The van der Waals surface area contributed by atoms with Crippen LogP contribution in [0.5, 0.6) is 11.8 Å². The van der Waals surface area contributed by atoms with Crippen LogP contribution in [0.2, 0.25) is 25.4 Å². The van der Waals surface area contributed by atoms with E-state index in [2.05, 4.69) is 39.3 Å². The van der Waals surface area contributed by atoms with Gasteiger partial charge in [0.05, 0.1) is 27.3 Å². The van der Waals surface area contributed by atoms with Crippen molar-refractivity contribution < 1.29 is 31.1 Å². The molecule has 0 saturated heterocycles. The topological polar surface area (TPSA) is 205 Å². The standard InChI is InChI=1S/C17H14Cl2N4O3S.C16H9Cl3N4O4S/c1-11-13(18)5-2-6-14(11)27(24,25)23-16-17(22-15(19)9-21-16)26-10-12-4-3-7-20-8-12;17-9-4-3-6-11(13(9)19)28(25,26)23-14-15(22-12(18)8-21-14)27-16(24)10-5-1-2-7-20-10/h2-9H,10H2,1H3,(H,21,23);1-8H,(H,21,23). The van der Waals surface area contributed by atoms with Crippen LogP contribution in [0, 0.1) is 6.92 Å². The summed E-state index contributed by atoms with van der Waals surface area (Å²) in [6.07, 6.45) is 6.95. The number of carbonyl (C=O) groups excluding carboxylic acids is 1. The lowest BCUT2D eigenvalue weighted by Crippen LogP contribution is -2.18. The van der Waals surface area contributed by atoms with Gasteiger partial charge in [-0.1, -0.05) is 82.3 Å². The fraction of sp³-hybridized carbons (Fsp3) is 0.0606. The maximum Gasteiger partial charge on any atom is 0.363 e. The first-order chi connectivity index (χ1) is 26.1. The maximum absolute atomic E-state index is 12.7. The van der Waals surface area contributed by atoms with Gasteiger partial charge in [-0.15, -0.1) is 0 Å². The molecule has 4 aromatic heterocycles. The first-order valence-corrected chi connectivity index (χ1v) is 19.9. The van der Waals surface area contributed by atoms with Crippen LogP contribution in [-0.4, -0.2) is 52.7 Å². The lowest BCUT2D eigenvalue weighted by Gasteiger charge is -2.13. The van der Waals surface area contributed by atoms with Crippen LogP contribution in [0.1, 0.15) is 21.6 Å². The fourth-order valence-corrected chi connectivity index (χ4v) is 7.74. The average molecular weight is 885 g/mol. The van der Waals surface area contributed by atoms with E-state index in [9.17, 15) is 21.6 Å². The van der Waals surface area contributed by atoms with Crippen molar-refractivity contribution in [3.63, 3.8) is 0 Å². The summed E-state index contributed by atoms with van der Waals surface area (Å²) in [5, 5.41) is 0.165. The van der Waals surface area contributed by atoms with Gasteiger partial charge in [0.15, 0.2) is 10.3 Å². The van der Waals surface area contributed by atoms with Gasteiger partial charge in [0, 0.05) is 29.2 Å². The Morgan fingerprint density at radius 3 is 1.93 bits per heavy atom. The molecule has 0 bridgehead atoms. The highest BCUT2D eigenvalue weighted by molar-refractivity contribution is 7.93. The van der Waals surface area contributed by atoms with Crippen molar-refractivity contribution in [1.82, 2.24) is 29.9 Å². The smallest absolute Gasteiger partial charge is 0.363 e. The highest BCUT2D eigenvalue weighted by Crippen LogP contribution is 2.32. The number of hydrogen-bond donors (Lipinski definition) is 2. The molecule has 0 aliphatic rings. The molecule has 6 rings (SSSR count). The zero-order valence-corrected chi connectivity index (χ0v) is 33.1. The molecule has 284 valence electrons. The van der Waals surface area contributed by atoms with Crippen molar-refractivity contribution >= 4 is 95.7 Å². The van der Waals surface area contributed by atoms with Gasteiger partial charge < -0.3 is 9.47 Å². The zero-order chi connectivity index (χ0) is 39.8. The summed E-state index contributed by atoms with van der Waals surface area (Å²) < 4.78 is 66.0. The molecule has 0 unspecified atom stereocenters. The summed E-state index contributed by atoms with van der Waals surface area (Å²) in [4.78, 5) is 35.4. The number of anilines is 2. The summed E-state index contributed by atoms with van der Waals surface area (Å²) in [6, 6.07) is 16.9. The predicted molar refractivity (Wildman–Crippen MR) is 206 cm³/mol. The summed E-state index contributed by atoms with van der Waals surface area (Å²) >= 11 is 29.5. The Kier molecular flexibility index (Phi) is 13.6. The second kappa shape index (κ2) is 18.2. The van der Waals surface area contributed by atoms with Crippen LogP contribution in [0.25, 0.3) is 0 Å². The molecule has 0 radical (unpaired) electrons. The van der Waals surface area contributed by atoms with Gasteiger partial charge in [-0.2, -0.15) is 9.97 Å². The van der Waals surface area contributed by atoms with E-state index in [-0.39, 0.29) is 60.0 Å². The number of sulfonamides is 2. The number of rotatable bonds is 11. The number of ether oxygens (including phenoxy) is 2. The largest absolute Gasteiger partial charge is 0.470 e. The van der Waals surface area contributed by atoms with E-state index in [1.807, 2.05) is 6.07 Å². The number of carbonyl (C=O) groups is 1. The molecule has 0 atom stereocenters. The maximum atomic E-state index is 12.7. The molecule has 4 heterocycles. The highest BCUT2D eigenvalue weighted by Gasteiger charge is 2.25. The number of esters is 1. The number of pyridine rings is 2. The number of hydrogen-bond acceptors (Lipinski definition) is 13. The van der Waals surface area contributed by atoms with E-state index in [1.165, 1.54) is 42.7 Å². The first-order valence-electron chi connectivity index (χ1n) is 15.1. The summed E-state index contributed by atoms with van der Waals surface area (Å²) in [5.41, 5.74) is 1.18. The normalized spacial score (nSPS) is 11.2. The Labute approximate surface area is 339 Å². The average Bonchev–Trinajstić information content (AvgIpc) is 3.16. The third kappa shape index (κ3) is 10.9. The van der Waals surface area contributed by atoms with Gasteiger partial charge in [-0.3, -0.25) is 14.4 Å².